The molecule has 0 radical (unpaired) electrons. The van der Waals surface area contributed by atoms with E-state index in [9.17, 15) is 4.79 Å². The molecule has 8 nitrogen and oxygen atoms in total. The Morgan fingerprint density at radius 1 is 1.40 bits per heavy atom. The number of ether oxygens (including phenoxy) is 1. The number of carbonyl (C=O) groups is 1. The van der Waals surface area contributed by atoms with E-state index >= 15 is 0 Å². The van der Waals surface area contributed by atoms with Crippen LogP contribution in [0.5, 0.6) is 0 Å². The van der Waals surface area contributed by atoms with Crippen molar-refractivity contribution in [2.45, 2.75) is 13.8 Å². The van der Waals surface area contributed by atoms with Crippen LogP contribution >= 0.6 is 0 Å². The Bertz CT molecular complexity index is 591. The third kappa shape index (κ3) is 3.37. The van der Waals surface area contributed by atoms with E-state index in [1.54, 1.807) is 6.92 Å². The van der Waals surface area contributed by atoms with Crippen molar-refractivity contribution < 1.29 is 9.53 Å². The van der Waals surface area contributed by atoms with Crippen molar-refractivity contribution in [2.24, 2.45) is 5.10 Å². The minimum atomic E-state index is -0.617. The molecule has 104 valence electrons. The van der Waals surface area contributed by atoms with E-state index in [2.05, 4.69) is 31.2 Å². The molecule has 1 heterocycles. The van der Waals surface area contributed by atoms with Gasteiger partial charge in [0.25, 0.3) is 0 Å². The van der Waals surface area contributed by atoms with Crippen LogP contribution < -0.4 is 5.43 Å². The SMILES string of the molecule is CCOC(=O)C(=NNc1ccc(C)cc1)c1nn[nH]n1. The Morgan fingerprint density at radius 3 is 2.75 bits per heavy atom. The monoisotopic (exact) mass is 274 g/mol. The molecular weight excluding hydrogens is 260 g/mol. The van der Waals surface area contributed by atoms with Gasteiger partial charge in [-0.15, -0.1) is 10.2 Å². The van der Waals surface area contributed by atoms with Gasteiger partial charge in [-0.1, -0.05) is 17.7 Å². The second-order valence-electron chi connectivity index (χ2n) is 3.89. The summed E-state index contributed by atoms with van der Waals surface area (Å²) in [4.78, 5) is 11.8. The average Bonchev–Trinajstić information content (AvgIpc) is 2.95. The number of nitrogens with one attached hydrogen (secondary N) is 2. The number of H-pyrrole nitrogens is 1. The number of carbonyl (C=O) groups excluding carboxylic acids is 1. The second-order valence-corrected chi connectivity index (χ2v) is 3.89. The molecule has 2 rings (SSSR count). The molecule has 0 fully saturated rings. The van der Waals surface area contributed by atoms with Crippen molar-refractivity contribution in [2.75, 3.05) is 12.0 Å². The van der Waals surface area contributed by atoms with Crippen LogP contribution in [0.25, 0.3) is 0 Å². The van der Waals surface area contributed by atoms with E-state index < -0.39 is 5.97 Å². The Labute approximate surface area is 115 Å². The minimum absolute atomic E-state index is 0.0406. The fraction of sp³-hybridized carbons (Fsp3) is 0.250. The van der Waals surface area contributed by atoms with E-state index in [1.165, 1.54) is 0 Å². The summed E-state index contributed by atoms with van der Waals surface area (Å²) in [6.07, 6.45) is 0. The largest absolute Gasteiger partial charge is 0.461 e. The van der Waals surface area contributed by atoms with Gasteiger partial charge in [-0.05, 0) is 31.2 Å². The molecule has 0 aliphatic carbocycles. The van der Waals surface area contributed by atoms with Crippen LogP contribution in [0.2, 0.25) is 0 Å². The molecule has 0 saturated heterocycles. The van der Waals surface area contributed by atoms with E-state index in [-0.39, 0.29) is 18.1 Å². The van der Waals surface area contributed by atoms with Gasteiger partial charge in [-0.3, -0.25) is 5.43 Å². The van der Waals surface area contributed by atoms with Gasteiger partial charge in [0.1, 0.15) is 0 Å². The number of anilines is 1. The van der Waals surface area contributed by atoms with Crippen LogP contribution in [-0.2, 0) is 9.53 Å². The third-order valence-corrected chi connectivity index (χ3v) is 2.37. The maximum atomic E-state index is 11.8. The summed E-state index contributed by atoms with van der Waals surface area (Å²) >= 11 is 0. The molecule has 0 atom stereocenters. The van der Waals surface area contributed by atoms with Crippen LogP contribution in [-0.4, -0.2) is 38.9 Å². The van der Waals surface area contributed by atoms with Gasteiger partial charge in [0.2, 0.25) is 11.5 Å². The first-order chi connectivity index (χ1) is 9.70. The molecule has 0 unspecified atom stereocenters. The highest BCUT2D eigenvalue weighted by molar-refractivity contribution is 6.42. The van der Waals surface area contributed by atoms with Crippen LogP contribution in [0.4, 0.5) is 5.69 Å². The van der Waals surface area contributed by atoms with Crippen molar-refractivity contribution in [1.82, 2.24) is 20.6 Å². The van der Waals surface area contributed by atoms with Gasteiger partial charge < -0.3 is 4.74 Å². The molecule has 0 amide bonds. The van der Waals surface area contributed by atoms with Gasteiger partial charge in [-0.25, -0.2) is 4.79 Å². The Hall–Kier alpha value is -2.77. The summed E-state index contributed by atoms with van der Waals surface area (Å²) < 4.78 is 4.90. The number of tetrazole rings is 1. The molecule has 1 aromatic heterocycles. The lowest BCUT2D eigenvalue weighted by molar-refractivity contribution is -0.134. The minimum Gasteiger partial charge on any atom is -0.461 e. The van der Waals surface area contributed by atoms with E-state index in [1.807, 2.05) is 31.2 Å². The van der Waals surface area contributed by atoms with Crippen molar-refractivity contribution >= 4 is 17.4 Å². The number of aryl methyl sites for hydroxylation is 1. The van der Waals surface area contributed by atoms with Crippen molar-refractivity contribution in [3.8, 4) is 0 Å². The lowest BCUT2D eigenvalue weighted by atomic mass is 10.2. The predicted molar refractivity (Wildman–Crippen MR) is 72.1 cm³/mol. The maximum absolute atomic E-state index is 11.8. The lowest BCUT2D eigenvalue weighted by Crippen LogP contribution is -2.21. The molecule has 2 N–H and O–H groups in total. The number of aromatic nitrogens is 4. The first-order valence-corrected chi connectivity index (χ1v) is 6.02. The summed E-state index contributed by atoms with van der Waals surface area (Å²) in [6, 6.07) is 7.54. The number of hydrogen-bond acceptors (Lipinski definition) is 7. The summed E-state index contributed by atoms with van der Waals surface area (Å²) in [5, 5.41) is 17.1. The first kappa shape index (κ1) is 13.7. The van der Waals surface area contributed by atoms with E-state index in [4.69, 9.17) is 4.74 Å². The first-order valence-electron chi connectivity index (χ1n) is 6.02. The fourth-order valence-corrected chi connectivity index (χ4v) is 1.40. The molecule has 0 spiro atoms. The number of rotatable bonds is 5. The van der Waals surface area contributed by atoms with Crippen molar-refractivity contribution in [3.05, 3.63) is 35.7 Å². The lowest BCUT2D eigenvalue weighted by Gasteiger charge is -2.04. The number of aromatic amines is 1. The summed E-state index contributed by atoms with van der Waals surface area (Å²) in [6.45, 7) is 3.93. The Balaban J connectivity index is 2.20. The summed E-state index contributed by atoms with van der Waals surface area (Å²) in [5.41, 5.74) is 4.59. The highest BCUT2D eigenvalue weighted by atomic mass is 16.5. The van der Waals surface area contributed by atoms with Crippen LogP contribution in [0.15, 0.2) is 29.4 Å². The van der Waals surface area contributed by atoms with Gasteiger partial charge in [0, 0.05) is 0 Å². The molecule has 1 aromatic carbocycles. The third-order valence-electron chi connectivity index (χ3n) is 2.37. The number of nitrogens with zero attached hydrogens (tertiary/aromatic N) is 4. The molecule has 0 bridgehead atoms. The number of hydrogen-bond donors (Lipinski definition) is 2. The van der Waals surface area contributed by atoms with Gasteiger partial charge in [-0.2, -0.15) is 10.3 Å². The average molecular weight is 274 g/mol. The standard InChI is InChI=1S/C12H14N6O2/c1-3-20-12(19)10(11-15-17-18-16-11)14-13-9-6-4-8(2)5-7-9/h4-7,13H,3H2,1-2H3,(H,15,16,17,18). The fourth-order valence-electron chi connectivity index (χ4n) is 1.40. The molecule has 20 heavy (non-hydrogen) atoms. The topological polar surface area (TPSA) is 105 Å². The molecule has 0 saturated carbocycles. The summed E-state index contributed by atoms with van der Waals surface area (Å²) in [7, 11) is 0. The number of benzene rings is 1. The quantitative estimate of drug-likeness (QED) is 0.476. The van der Waals surface area contributed by atoms with E-state index in [0.717, 1.165) is 11.3 Å². The van der Waals surface area contributed by atoms with Gasteiger partial charge in [0.05, 0.1) is 12.3 Å². The van der Waals surface area contributed by atoms with Crippen LogP contribution in [0.3, 0.4) is 0 Å². The van der Waals surface area contributed by atoms with Crippen LogP contribution in [0, 0.1) is 6.92 Å². The maximum Gasteiger partial charge on any atom is 0.362 e. The zero-order chi connectivity index (χ0) is 14.4. The summed E-state index contributed by atoms with van der Waals surface area (Å²) in [5.74, 6) is -0.545. The van der Waals surface area contributed by atoms with Crippen LogP contribution in [0.1, 0.15) is 18.3 Å². The van der Waals surface area contributed by atoms with Gasteiger partial charge in [0.15, 0.2) is 0 Å². The molecular formula is C12H14N6O2. The molecule has 0 aliphatic rings. The van der Waals surface area contributed by atoms with Crippen molar-refractivity contribution in [3.63, 3.8) is 0 Å². The number of esters is 1. The van der Waals surface area contributed by atoms with E-state index in [0.29, 0.717) is 0 Å². The Kier molecular flexibility index (Phi) is 4.38. The smallest absolute Gasteiger partial charge is 0.362 e. The molecule has 0 aliphatic heterocycles. The molecule has 8 heteroatoms. The zero-order valence-corrected chi connectivity index (χ0v) is 11.1. The highest BCUT2D eigenvalue weighted by Gasteiger charge is 2.20. The van der Waals surface area contributed by atoms with Crippen molar-refractivity contribution in [1.29, 1.82) is 0 Å². The number of hydrazone groups is 1. The highest BCUT2D eigenvalue weighted by Crippen LogP contribution is 2.09. The normalized spacial score (nSPS) is 11.2. The second kappa shape index (κ2) is 6.41. The molecule has 2 aromatic rings. The zero-order valence-electron chi connectivity index (χ0n) is 11.1. The predicted octanol–water partition coefficient (Wildman–Crippen LogP) is 0.887. The van der Waals surface area contributed by atoms with Gasteiger partial charge >= 0.3 is 5.97 Å². The Morgan fingerprint density at radius 2 is 2.15 bits per heavy atom.